The first-order valence-corrected chi connectivity index (χ1v) is 9.22. The van der Waals surface area contributed by atoms with Crippen LogP contribution in [-0.2, 0) is 4.79 Å². The van der Waals surface area contributed by atoms with Gasteiger partial charge in [0.1, 0.15) is 5.71 Å². The first-order chi connectivity index (χ1) is 11.6. The van der Waals surface area contributed by atoms with Gasteiger partial charge in [-0.1, -0.05) is 31.2 Å². The monoisotopic (exact) mass is 327 g/mol. The van der Waals surface area contributed by atoms with E-state index in [1.807, 2.05) is 38.1 Å². The van der Waals surface area contributed by atoms with Gasteiger partial charge in [0.2, 0.25) is 0 Å². The van der Waals surface area contributed by atoms with Crippen LogP contribution in [0.1, 0.15) is 37.8 Å². The topological polar surface area (TPSA) is 53.5 Å². The van der Waals surface area contributed by atoms with Gasteiger partial charge in [-0.25, -0.2) is 0 Å². The SMILES string of the molecule is CC/N=C(/C(=O)NC[C@H]1NC[C@@H]2CC(C)C[C@@H]21)c1ccccc1C. The second-order valence-electron chi connectivity index (χ2n) is 7.36. The molecule has 1 aliphatic carbocycles. The number of carbonyl (C=O) groups is 1. The van der Waals surface area contributed by atoms with E-state index in [1.165, 1.54) is 12.8 Å². The maximum absolute atomic E-state index is 12.7. The van der Waals surface area contributed by atoms with Crippen molar-refractivity contribution < 1.29 is 4.79 Å². The molecule has 1 aliphatic heterocycles. The van der Waals surface area contributed by atoms with Gasteiger partial charge in [0, 0.05) is 24.7 Å². The third-order valence-corrected chi connectivity index (χ3v) is 5.56. The molecule has 2 N–H and O–H groups in total. The van der Waals surface area contributed by atoms with Crippen molar-refractivity contribution in [3.63, 3.8) is 0 Å². The number of rotatable bonds is 5. The largest absolute Gasteiger partial charge is 0.349 e. The third kappa shape index (κ3) is 3.54. The number of fused-ring (bicyclic) bond motifs is 1. The minimum Gasteiger partial charge on any atom is -0.349 e. The van der Waals surface area contributed by atoms with Crippen LogP contribution in [0.2, 0.25) is 0 Å². The van der Waals surface area contributed by atoms with Gasteiger partial charge in [-0.05, 0) is 56.6 Å². The van der Waals surface area contributed by atoms with Gasteiger partial charge in [0.15, 0.2) is 0 Å². The molecule has 1 saturated heterocycles. The predicted molar refractivity (Wildman–Crippen MR) is 98.4 cm³/mol. The summed E-state index contributed by atoms with van der Waals surface area (Å²) in [5.41, 5.74) is 2.58. The van der Waals surface area contributed by atoms with Crippen molar-refractivity contribution >= 4 is 11.6 Å². The van der Waals surface area contributed by atoms with E-state index in [-0.39, 0.29) is 5.91 Å². The molecule has 24 heavy (non-hydrogen) atoms. The molecule has 1 unspecified atom stereocenters. The summed E-state index contributed by atoms with van der Waals surface area (Å²) in [6.45, 7) is 8.75. The highest BCUT2D eigenvalue weighted by atomic mass is 16.1. The van der Waals surface area contributed by atoms with Crippen molar-refractivity contribution in [1.29, 1.82) is 0 Å². The Morgan fingerprint density at radius 3 is 2.88 bits per heavy atom. The zero-order chi connectivity index (χ0) is 17.1. The summed E-state index contributed by atoms with van der Waals surface area (Å²) in [6.07, 6.45) is 2.61. The van der Waals surface area contributed by atoms with E-state index < -0.39 is 0 Å². The molecule has 1 amide bonds. The molecule has 0 spiro atoms. The lowest BCUT2D eigenvalue weighted by atomic mass is 9.94. The predicted octanol–water partition coefficient (Wildman–Crippen LogP) is 2.55. The van der Waals surface area contributed by atoms with E-state index >= 15 is 0 Å². The van der Waals surface area contributed by atoms with E-state index in [2.05, 4.69) is 22.5 Å². The van der Waals surface area contributed by atoms with Crippen molar-refractivity contribution in [3.05, 3.63) is 35.4 Å². The molecule has 4 atom stereocenters. The Hall–Kier alpha value is -1.68. The van der Waals surface area contributed by atoms with Gasteiger partial charge in [-0.2, -0.15) is 0 Å². The van der Waals surface area contributed by atoms with Crippen LogP contribution in [0.4, 0.5) is 0 Å². The number of benzene rings is 1. The summed E-state index contributed by atoms with van der Waals surface area (Å²) < 4.78 is 0. The summed E-state index contributed by atoms with van der Waals surface area (Å²) in [4.78, 5) is 17.2. The fraction of sp³-hybridized carbons (Fsp3) is 0.600. The van der Waals surface area contributed by atoms with Crippen LogP contribution in [0.25, 0.3) is 0 Å². The van der Waals surface area contributed by atoms with Gasteiger partial charge in [-0.3, -0.25) is 9.79 Å². The molecule has 2 fully saturated rings. The first kappa shape index (κ1) is 17.2. The number of carbonyl (C=O) groups excluding carboxylic acids is 1. The molecule has 0 aromatic heterocycles. The quantitative estimate of drug-likeness (QED) is 0.817. The van der Waals surface area contributed by atoms with Crippen LogP contribution >= 0.6 is 0 Å². The molecule has 4 heteroatoms. The number of nitrogens with zero attached hydrogens (tertiary/aromatic N) is 1. The van der Waals surface area contributed by atoms with Crippen molar-refractivity contribution in [2.75, 3.05) is 19.6 Å². The second-order valence-corrected chi connectivity index (χ2v) is 7.36. The average molecular weight is 327 g/mol. The highest BCUT2D eigenvalue weighted by Gasteiger charge is 2.41. The second kappa shape index (κ2) is 7.47. The van der Waals surface area contributed by atoms with E-state index in [1.54, 1.807) is 0 Å². The van der Waals surface area contributed by atoms with Gasteiger partial charge in [0.05, 0.1) is 0 Å². The number of amides is 1. The number of nitrogens with one attached hydrogen (secondary N) is 2. The summed E-state index contributed by atoms with van der Waals surface area (Å²) in [5, 5.41) is 6.73. The normalized spacial score (nSPS) is 29.5. The molecule has 4 nitrogen and oxygen atoms in total. The standard InChI is InChI=1S/C20H29N3O/c1-4-21-19(16-8-6-5-7-14(16)3)20(24)23-12-18-17-10-13(2)9-15(17)11-22-18/h5-8,13,15,17-18,22H,4,9-12H2,1-3H3,(H,23,24)/b21-19+/t13?,15-,17-,18+/m0/s1. The highest BCUT2D eigenvalue weighted by Crippen LogP contribution is 2.40. The van der Waals surface area contributed by atoms with Crippen LogP contribution in [-0.4, -0.2) is 37.3 Å². The number of hydrogen-bond acceptors (Lipinski definition) is 3. The minimum absolute atomic E-state index is 0.0533. The molecular formula is C20H29N3O. The van der Waals surface area contributed by atoms with Crippen molar-refractivity contribution in [2.45, 2.75) is 39.7 Å². The molecule has 1 saturated carbocycles. The van der Waals surface area contributed by atoms with Crippen LogP contribution in [0.3, 0.4) is 0 Å². The first-order valence-electron chi connectivity index (χ1n) is 9.22. The average Bonchev–Trinajstić information content (AvgIpc) is 3.10. The van der Waals surface area contributed by atoms with E-state index in [9.17, 15) is 4.79 Å². The number of aliphatic imine (C=N–C) groups is 1. The maximum atomic E-state index is 12.7. The van der Waals surface area contributed by atoms with Gasteiger partial charge >= 0.3 is 0 Å². The number of hydrogen-bond donors (Lipinski definition) is 2. The fourth-order valence-electron chi connectivity index (χ4n) is 4.41. The van der Waals surface area contributed by atoms with E-state index in [0.717, 1.165) is 29.5 Å². The molecule has 1 aromatic rings. The molecular weight excluding hydrogens is 298 g/mol. The van der Waals surface area contributed by atoms with Crippen molar-refractivity contribution in [3.8, 4) is 0 Å². The molecule has 1 aromatic carbocycles. The molecule has 0 radical (unpaired) electrons. The van der Waals surface area contributed by atoms with Crippen LogP contribution in [0.5, 0.6) is 0 Å². The van der Waals surface area contributed by atoms with Gasteiger partial charge < -0.3 is 10.6 Å². The Bertz CT molecular complexity index is 625. The van der Waals surface area contributed by atoms with E-state index in [4.69, 9.17) is 0 Å². The summed E-state index contributed by atoms with van der Waals surface area (Å²) in [7, 11) is 0. The molecule has 130 valence electrons. The zero-order valence-electron chi connectivity index (χ0n) is 15.0. The van der Waals surface area contributed by atoms with Crippen molar-refractivity contribution in [2.24, 2.45) is 22.7 Å². The minimum atomic E-state index is -0.0533. The summed E-state index contributed by atoms with van der Waals surface area (Å²) in [6, 6.07) is 8.36. The van der Waals surface area contributed by atoms with Crippen LogP contribution in [0, 0.1) is 24.7 Å². The Morgan fingerprint density at radius 2 is 2.12 bits per heavy atom. The Kier molecular flexibility index (Phi) is 5.34. The molecule has 2 aliphatic rings. The lowest BCUT2D eigenvalue weighted by Crippen LogP contribution is -2.43. The fourth-order valence-corrected chi connectivity index (χ4v) is 4.41. The number of aryl methyl sites for hydroxylation is 1. The van der Waals surface area contributed by atoms with Gasteiger partial charge in [-0.15, -0.1) is 0 Å². The smallest absolute Gasteiger partial charge is 0.270 e. The molecule has 3 rings (SSSR count). The zero-order valence-corrected chi connectivity index (χ0v) is 15.0. The lowest BCUT2D eigenvalue weighted by molar-refractivity contribution is -0.114. The van der Waals surface area contributed by atoms with Crippen LogP contribution in [0.15, 0.2) is 29.3 Å². The summed E-state index contributed by atoms with van der Waals surface area (Å²) in [5.74, 6) is 2.28. The molecule has 0 bridgehead atoms. The molecule has 1 heterocycles. The Labute approximate surface area is 145 Å². The van der Waals surface area contributed by atoms with Crippen molar-refractivity contribution in [1.82, 2.24) is 10.6 Å². The highest BCUT2D eigenvalue weighted by molar-refractivity contribution is 6.45. The Morgan fingerprint density at radius 1 is 1.33 bits per heavy atom. The third-order valence-electron chi connectivity index (χ3n) is 5.56. The van der Waals surface area contributed by atoms with E-state index in [0.29, 0.717) is 30.8 Å². The van der Waals surface area contributed by atoms with Gasteiger partial charge in [0.25, 0.3) is 5.91 Å². The maximum Gasteiger partial charge on any atom is 0.270 e. The Balaban J connectivity index is 1.65. The summed E-state index contributed by atoms with van der Waals surface area (Å²) >= 11 is 0. The van der Waals surface area contributed by atoms with Crippen LogP contribution < -0.4 is 10.6 Å². The lowest BCUT2D eigenvalue weighted by Gasteiger charge is -2.20.